The highest BCUT2D eigenvalue weighted by Gasteiger charge is 2.21. The smallest absolute Gasteiger partial charge is 0.277 e. The minimum Gasteiger partial charge on any atom is -0.486 e. The van der Waals surface area contributed by atoms with Crippen molar-refractivity contribution in [3.05, 3.63) is 59.7 Å². The maximum atomic E-state index is 12.0. The summed E-state index contributed by atoms with van der Waals surface area (Å²) in [7, 11) is -0.761. The first-order valence-corrected chi connectivity index (χ1v) is 9.68. The zero-order valence-corrected chi connectivity index (χ0v) is 16.3. The number of aryl methyl sites for hydroxylation is 1. The van der Waals surface area contributed by atoms with E-state index in [0.717, 1.165) is 4.31 Å². The molecule has 10 heteroatoms. The third-order valence-corrected chi connectivity index (χ3v) is 5.42. The first kappa shape index (κ1) is 19.6. The van der Waals surface area contributed by atoms with E-state index in [1.807, 2.05) is 0 Å². The van der Waals surface area contributed by atoms with Gasteiger partial charge in [-0.25, -0.2) is 12.7 Å². The van der Waals surface area contributed by atoms with Gasteiger partial charge in [-0.2, -0.15) is 0 Å². The van der Waals surface area contributed by atoms with Gasteiger partial charge in [0.05, 0.1) is 0 Å². The average molecular weight is 405 g/mol. The molecule has 0 bridgehead atoms. The Hall–Kier alpha value is -3.11. The van der Waals surface area contributed by atoms with Crippen molar-refractivity contribution in [2.45, 2.75) is 18.6 Å². The predicted molar refractivity (Wildman–Crippen MR) is 99.5 cm³/mol. The Morgan fingerprint density at radius 2 is 1.89 bits per heavy atom. The summed E-state index contributed by atoms with van der Waals surface area (Å²) in [5.41, 5.74) is 0.759. The van der Waals surface area contributed by atoms with E-state index in [4.69, 9.17) is 13.7 Å². The third kappa shape index (κ3) is 4.41. The maximum Gasteiger partial charge on any atom is 0.277 e. The number of furan rings is 1. The molecular weight excluding hydrogens is 386 g/mol. The fourth-order valence-electron chi connectivity index (χ4n) is 2.21. The maximum absolute atomic E-state index is 12.0. The topological polar surface area (TPSA) is 115 Å². The number of amides is 1. The molecule has 28 heavy (non-hydrogen) atoms. The molecule has 0 unspecified atom stereocenters. The summed E-state index contributed by atoms with van der Waals surface area (Å²) >= 11 is 0. The number of hydrogen-bond donors (Lipinski definition) is 1. The van der Waals surface area contributed by atoms with Gasteiger partial charge in [0.1, 0.15) is 23.9 Å². The van der Waals surface area contributed by atoms with Crippen LogP contribution in [0, 0.1) is 6.92 Å². The van der Waals surface area contributed by atoms with Crippen molar-refractivity contribution in [2.24, 2.45) is 0 Å². The molecule has 2 heterocycles. The summed E-state index contributed by atoms with van der Waals surface area (Å²) in [6.45, 7) is 1.76. The molecule has 9 nitrogen and oxygen atoms in total. The first-order chi connectivity index (χ1) is 13.3. The second-order valence-electron chi connectivity index (χ2n) is 6.10. The number of rotatable bonds is 7. The van der Waals surface area contributed by atoms with Crippen LogP contribution in [0.3, 0.4) is 0 Å². The van der Waals surface area contributed by atoms with Gasteiger partial charge < -0.3 is 19.0 Å². The lowest BCUT2D eigenvalue weighted by atomic mass is 10.3. The molecule has 1 amide bonds. The Balaban J connectivity index is 1.58. The molecule has 0 atom stereocenters. The Morgan fingerprint density at radius 3 is 2.50 bits per heavy atom. The standard InChI is InChI=1S/C18H19N3O6S/c1-12-10-16(20-27-12)18(22)19-13-4-6-14(7-5-13)25-11-15-8-9-17(26-15)28(23,24)21(2)3/h4-10H,11H2,1-3H3,(H,19,22). The molecule has 0 aliphatic rings. The van der Waals surface area contributed by atoms with Crippen LogP contribution in [0.1, 0.15) is 22.0 Å². The van der Waals surface area contributed by atoms with E-state index < -0.39 is 10.0 Å². The molecule has 0 aliphatic heterocycles. The molecule has 1 N–H and O–H groups in total. The number of benzene rings is 1. The Morgan fingerprint density at radius 1 is 1.18 bits per heavy atom. The minimum atomic E-state index is -3.62. The van der Waals surface area contributed by atoms with Gasteiger partial charge in [0.15, 0.2) is 5.69 Å². The Labute approximate surface area is 161 Å². The number of nitrogens with one attached hydrogen (secondary N) is 1. The molecular formula is C18H19N3O6S. The van der Waals surface area contributed by atoms with E-state index >= 15 is 0 Å². The van der Waals surface area contributed by atoms with Gasteiger partial charge in [-0.15, -0.1) is 0 Å². The van der Waals surface area contributed by atoms with Crippen LogP contribution in [0.2, 0.25) is 0 Å². The molecule has 1 aromatic carbocycles. The van der Waals surface area contributed by atoms with E-state index in [1.165, 1.54) is 20.2 Å². The monoisotopic (exact) mass is 405 g/mol. The second kappa shape index (κ2) is 7.87. The van der Waals surface area contributed by atoms with Gasteiger partial charge in [0, 0.05) is 25.8 Å². The second-order valence-corrected chi connectivity index (χ2v) is 8.18. The highest BCUT2D eigenvalue weighted by molar-refractivity contribution is 7.88. The molecule has 3 aromatic rings. The normalized spacial score (nSPS) is 11.6. The van der Waals surface area contributed by atoms with Crippen LogP contribution in [0.25, 0.3) is 0 Å². The van der Waals surface area contributed by atoms with Crippen molar-refractivity contribution >= 4 is 21.6 Å². The van der Waals surface area contributed by atoms with Gasteiger partial charge in [0.2, 0.25) is 5.09 Å². The number of carbonyl (C=O) groups excluding carboxylic acids is 1. The van der Waals surface area contributed by atoms with Gasteiger partial charge in [-0.1, -0.05) is 5.16 Å². The number of hydrogen-bond acceptors (Lipinski definition) is 7. The number of ether oxygens (including phenoxy) is 1. The van der Waals surface area contributed by atoms with E-state index in [-0.39, 0.29) is 23.3 Å². The van der Waals surface area contributed by atoms with Crippen LogP contribution in [-0.4, -0.2) is 37.9 Å². The van der Waals surface area contributed by atoms with E-state index in [0.29, 0.717) is 23.0 Å². The SMILES string of the molecule is Cc1cc(C(=O)Nc2ccc(OCc3ccc(S(=O)(=O)N(C)C)o3)cc2)no1. The minimum absolute atomic E-state index is 0.0624. The quantitative estimate of drug-likeness (QED) is 0.642. The summed E-state index contributed by atoms with van der Waals surface area (Å²) < 4.78 is 40.9. The first-order valence-electron chi connectivity index (χ1n) is 8.24. The average Bonchev–Trinajstić information content (AvgIpc) is 3.30. The van der Waals surface area contributed by atoms with Gasteiger partial charge in [0.25, 0.3) is 15.9 Å². The zero-order chi connectivity index (χ0) is 20.3. The largest absolute Gasteiger partial charge is 0.486 e. The van der Waals surface area contributed by atoms with Crippen molar-refractivity contribution < 1.29 is 26.9 Å². The van der Waals surface area contributed by atoms with Gasteiger partial charge in [-0.3, -0.25) is 4.79 Å². The molecule has 2 aromatic heterocycles. The third-order valence-electron chi connectivity index (χ3n) is 3.73. The lowest BCUT2D eigenvalue weighted by molar-refractivity contribution is 0.101. The van der Waals surface area contributed by atoms with Crippen molar-refractivity contribution in [1.82, 2.24) is 9.46 Å². The fourth-order valence-corrected chi connectivity index (χ4v) is 3.02. The number of carbonyl (C=O) groups is 1. The number of aromatic nitrogens is 1. The molecule has 0 aliphatic carbocycles. The lowest BCUT2D eigenvalue weighted by Crippen LogP contribution is -2.21. The fraction of sp³-hybridized carbons (Fsp3) is 0.222. The molecule has 0 saturated heterocycles. The summed E-state index contributed by atoms with van der Waals surface area (Å²) in [6.07, 6.45) is 0. The molecule has 148 valence electrons. The van der Waals surface area contributed by atoms with E-state index in [9.17, 15) is 13.2 Å². The lowest BCUT2D eigenvalue weighted by Gasteiger charge is -2.08. The molecule has 0 radical (unpaired) electrons. The van der Waals surface area contributed by atoms with Crippen molar-refractivity contribution in [3.8, 4) is 5.75 Å². The number of anilines is 1. The van der Waals surface area contributed by atoms with Crippen LogP contribution in [-0.2, 0) is 16.6 Å². The molecule has 0 spiro atoms. The molecule has 0 saturated carbocycles. The Kier molecular flexibility index (Phi) is 5.52. The van der Waals surface area contributed by atoms with Crippen molar-refractivity contribution in [3.63, 3.8) is 0 Å². The molecule has 0 fully saturated rings. The van der Waals surface area contributed by atoms with Crippen molar-refractivity contribution in [2.75, 3.05) is 19.4 Å². The summed E-state index contributed by atoms with van der Waals surface area (Å²) in [6, 6.07) is 11.2. The molecule has 3 rings (SSSR count). The van der Waals surface area contributed by atoms with Crippen LogP contribution in [0.4, 0.5) is 5.69 Å². The number of sulfonamides is 1. The van der Waals surface area contributed by atoms with Crippen molar-refractivity contribution in [1.29, 1.82) is 0 Å². The van der Waals surface area contributed by atoms with Crippen LogP contribution in [0.5, 0.6) is 5.75 Å². The van der Waals surface area contributed by atoms with E-state index in [2.05, 4.69) is 10.5 Å². The van der Waals surface area contributed by atoms with Crippen LogP contribution >= 0.6 is 0 Å². The summed E-state index contributed by atoms with van der Waals surface area (Å²) in [4.78, 5) is 12.0. The van der Waals surface area contributed by atoms with Crippen LogP contribution < -0.4 is 10.1 Å². The highest BCUT2D eigenvalue weighted by atomic mass is 32.2. The highest BCUT2D eigenvalue weighted by Crippen LogP contribution is 2.20. The Bertz CT molecular complexity index is 1070. The van der Waals surface area contributed by atoms with Gasteiger partial charge >= 0.3 is 0 Å². The van der Waals surface area contributed by atoms with Crippen LogP contribution in [0.15, 0.2) is 56.5 Å². The summed E-state index contributed by atoms with van der Waals surface area (Å²) in [5, 5.41) is 6.21. The van der Waals surface area contributed by atoms with Gasteiger partial charge in [-0.05, 0) is 43.3 Å². The number of nitrogens with zero attached hydrogens (tertiary/aromatic N) is 2. The zero-order valence-electron chi connectivity index (χ0n) is 15.5. The summed E-state index contributed by atoms with van der Waals surface area (Å²) in [5.74, 6) is 1.08. The predicted octanol–water partition coefficient (Wildman–Crippen LogP) is 2.66. The van der Waals surface area contributed by atoms with E-state index in [1.54, 1.807) is 43.3 Å².